The normalized spacial score (nSPS) is 21.3. The second-order valence-electron chi connectivity index (χ2n) is 4.68. The number of amides is 2. The Morgan fingerprint density at radius 3 is 2.56 bits per heavy atom. The molecule has 1 aliphatic rings. The van der Waals surface area contributed by atoms with Crippen molar-refractivity contribution < 1.29 is 14.0 Å². The molecule has 0 radical (unpaired) electrons. The molecule has 1 fully saturated rings. The lowest BCUT2D eigenvalue weighted by atomic mass is 10.2. The van der Waals surface area contributed by atoms with Gasteiger partial charge in [0.2, 0.25) is 11.8 Å². The summed E-state index contributed by atoms with van der Waals surface area (Å²) in [4.78, 5) is 22.6. The summed E-state index contributed by atoms with van der Waals surface area (Å²) in [5.74, 6) is -0.567. The number of carbonyl (C=O) groups is 2. The Hall–Kier alpha value is -1.91. The molecule has 0 heterocycles. The van der Waals surface area contributed by atoms with Gasteiger partial charge in [0.1, 0.15) is 5.82 Å². The Bertz CT molecular complexity index is 502. The van der Waals surface area contributed by atoms with Crippen LogP contribution >= 0.6 is 0 Å². The lowest BCUT2D eigenvalue weighted by molar-refractivity contribution is -0.117. The highest BCUT2D eigenvalue weighted by Crippen LogP contribution is 2.38. The van der Waals surface area contributed by atoms with Crippen LogP contribution in [-0.2, 0) is 9.59 Å². The van der Waals surface area contributed by atoms with E-state index in [4.69, 9.17) is 0 Å². The minimum Gasteiger partial charge on any atom is -0.326 e. The molecule has 1 aromatic rings. The smallest absolute Gasteiger partial charge is 0.227 e. The van der Waals surface area contributed by atoms with Gasteiger partial charge in [-0.2, -0.15) is 0 Å². The molecule has 1 aliphatic carbocycles. The van der Waals surface area contributed by atoms with Crippen molar-refractivity contribution in [3.63, 3.8) is 0 Å². The molecular weight excluding hydrogens is 235 g/mol. The molecule has 0 saturated heterocycles. The Morgan fingerprint density at radius 1 is 1.33 bits per heavy atom. The highest BCUT2D eigenvalue weighted by molar-refractivity contribution is 5.96. The fraction of sp³-hybridized carbons (Fsp3) is 0.385. The van der Waals surface area contributed by atoms with Crippen LogP contribution in [0.3, 0.4) is 0 Å². The van der Waals surface area contributed by atoms with E-state index >= 15 is 0 Å². The summed E-state index contributed by atoms with van der Waals surface area (Å²) in [5.41, 5.74) is 0.563. The minimum absolute atomic E-state index is 0.0196. The maximum atomic E-state index is 13.5. The van der Waals surface area contributed by atoms with Crippen molar-refractivity contribution in [2.75, 3.05) is 10.6 Å². The summed E-state index contributed by atoms with van der Waals surface area (Å²) >= 11 is 0. The first-order valence-electron chi connectivity index (χ1n) is 5.85. The van der Waals surface area contributed by atoms with Gasteiger partial charge in [-0.05, 0) is 30.5 Å². The lowest BCUT2D eigenvalue weighted by Gasteiger charge is -2.08. The maximum absolute atomic E-state index is 13.5. The number of carbonyl (C=O) groups excluding carboxylic acids is 2. The number of hydrogen-bond donors (Lipinski definition) is 2. The number of rotatable bonds is 3. The van der Waals surface area contributed by atoms with Gasteiger partial charge in [-0.3, -0.25) is 9.59 Å². The molecule has 1 aromatic carbocycles. The molecule has 0 aromatic heterocycles. The Morgan fingerprint density at radius 2 is 2.00 bits per heavy atom. The monoisotopic (exact) mass is 250 g/mol. The molecular formula is C13H15FN2O2. The molecule has 2 N–H and O–H groups in total. The summed E-state index contributed by atoms with van der Waals surface area (Å²) in [5, 5.41) is 5.09. The van der Waals surface area contributed by atoms with Crippen molar-refractivity contribution in [2.45, 2.75) is 20.3 Å². The molecule has 0 aliphatic heterocycles. The molecule has 2 rings (SSSR count). The summed E-state index contributed by atoms with van der Waals surface area (Å²) in [7, 11) is 0. The summed E-state index contributed by atoms with van der Waals surface area (Å²) < 4.78 is 13.5. The van der Waals surface area contributed by atoms with Crippen LogP contribution in [0.2, 0.25) is 0 Å². The largest absolute Gasteiger partial charge is 0.326 e. The van der Waals surface area contributed by atoms with Gasteiger partial charge in [0.25, 0.3) is 0 Å². The highest BCUT2D eigenvalue weighted by atomic mass is 19.1. The second-order valence-corrected chi connectivity index (χ2v) is 4.68. The number of halogens is 1. The van der Waals surface area contributed by atoms with E-state index in [1.165, 1.54) is 25.1 Å². The molecule has 0 bridgehead atoms. The third kappa shape index (κ3) is 2.85. The predicted octanol–water partition coefficient (Wildman–Crippen LogP) is 2.38. The zero-order valence-electron chi connectivity index (χ0n) is 10.3. The lowest BCUT2D eigenvalue weighted by Crippen LogP contribution is -2.16. The summed E-state index contributed by atoms with van der Waals surface area (Å²) in [6, 6.07) is 4.09. The van der Waals surface area contributed by atoms with Crippen LogP contribution in [0.5, 0.6) is 0 Å². The van der Waals surface area contributed by atoms with Crippen LogP contribution in [0, 0.1) is 17.7 Å². The average molecular weight is 250 g/mol. The molecule has 5 heteroatoms. The van der Waals surface area contributed by atoms with Crippen LogP contribution in [0.4, 0.5) is 15.8 Å². The van der Waals surface area contributed by atoms with Crippen molar-refractivity contribution in [1.29, 1.82) is 0 Å². The van der Waals surface area contributed by atoms with E-state index in [0.29, 0.717) is 11.6 Å². The van der Waals surface area contributed by atoms with E-state index in [-0.39, 0.29) is 23.4 Å². The molecule has 4 nitrogen and oxygen atoms in total. The number of anilines is 2. The number of benzene rings is 1. The maximum Gasteiger partial charge on any atom is 0.227 e. The standard InChI is InChI=1S/C13H15FN2O2/c1-7-5-10(7)13(18)16-12-6-9(15-8(2)17)3-4-11(12)14/h3-4,6-7,10H,5H2,1-2H3,(H,15,17)(H,16,18). The third-order valence-corrected chi connectivity index (χ3v) is 2.99. The van der Waals surface area contributed by atoms with Crippen molar-refractivity contribution in [3.05, 3.63) is 24.0 Å². The van der Waals surface area contributed by atoms with E-state index in [1.54, 1.807) is 0 Å². The minimum atomic E-state index is -0.509. The summed E-state index contributed by atoms with van der Waals surface area (Å²) in [6.07, 6.45) is 0.846. The van der Waals surface area contributed by atoms with E-state index in [1.807, 2.05) is 6.92 Å². The first-order valence-corrected chi connectivity index (χ1v) is 5.85. The zero-order valence-corrected chi connectivity index (χ0v) is 10.3. The van der Waals surface area contributed by atoms with E-state index < -0.39 is 5.82 Å². The van der Waals surface area contributed by atoms with Crippen molar-refractivity contribution in [1.82, 2.24) is 0 Å². The summed E-state index contributed by atoms with van der Waals surface area (Å²) in [6.45, 7) is 3.35. The Labute approximate surface area is 105 Å². The zero-order chi connectivity index (χ0) is 13.3. The van der Waals surface area contributed by atoms with Crippen LogP contribution in [0.25, 0.3) is 0 Å². The Kier molecular flexibility index (Phi) is 3.32. The van der Waals surface area contributed by atoms with E-state index in [0.717, 1.165) is 6.42 Å². The molecule has 2 atom stereocenters. The molecule has 96 valence electrons. The van der Waals surface area contributed by atoms with Gasteiger partial charge in [-0.1, -0.05) is 6.92 Å². The van der Waals surface area contributed by atoms with Gasteiger partial charge < -0.3 is 10.6 Å². The molecule has 2 amide bonds. The van der Waals surface area contributed by atoms with Gasteiger partial charge in [0, 0.05) is 18.5 Å². The van der Waals surface area contributed by atoms with Gasteiger partial charge >= 0.3 is 0 Å². The van der Waals surface area contributed by atoms with Gasteiger partial charge in [0.05, 0.1) is 5.69 Å². The number of nitrogens with one attached hydrogen (secondary N) is 2. The van der Waals surface area contributed by atoms with Crippen LogP contribution in [0.15, 0.2) is 18.2 Å². The Balaban J connectivity index is 2.11. The van der Waals surface area contributed by atoms with E-state index in [9.17, 15) is 14.0 Å². The third-order valence-electron chi connectivity index (χ3n) is 2.99. The van der Waals surface area contributed by atoms with Gasteiger partial charge in [-0.25, -0.2) is 4.39 Å². The first kappa shape index (κ1) is 12.5. The molecule has 18 heavy (non-hydrogen) atoms. The predicted molar refractivity (Wildman–Crippen MR) is 66.6 cm³/mol. The second kappa shape index (κ2) is 4.76. The first-order chi connectivity index (χ1) is 8.47. The number of hydrogen-bond acceptors (Lipinski definition) is 2. The van der Waals surface area contributed by atoms with Crippen molar-refractivity contribution in [2.24, 2.45) is 11.8 Å². The van der Waals surface area contributed by atoms with Crippen LogP contribution < -0.4 is 10.6 Å². The fourth-order valence-electron chi connectivity index (χ4n) is 1.81. The van der Waals surface area contributed by atoms with Crippen molar-refractivity contribution in [3.8, 4) is 0 Å². The van der Waals surface area contributed by atoms with Crippen LogP contribution in [0.1, 0.15) is 20.3 Å². The average Bonchev–Trinajstić information content (AvgIpc) is 3.00. The van der Waals surface area contributed by atoms with Crippen LogP contribution in [-0.4, -0.2) is 11.8 Å². The fourth-order valence-corrected chi connectivity index (χ4v) is 1.81. The van der Waals surface area contributed by atoms with Gasteiger partial charge in [-0.15, -0.1) is 0 Å². The SMILES string of the molecule is CC(=O)Nc1ccc(F)c(NC(=O)C2CC2C)c1. The van der Waals surface area contributed by atoms with E-state index in [2.05, 4.69) is 10.6 Å². The molecule has 1 saturated carbocycles. The topological polar surface area (TPSA) is 58.2 Å². The van der Waals surface area contributed by atoms with Crippen molar-refractivity contribution >= 4 is 23.2 Å². The molecule has 2 unspecified atom stereocenters. The molecule has 0 spiro atoms. The highest BCUT2D eigenvalue weighted by Gasteiger charge is 2.39. The van der Waals surface area contributed by atoms with Gasteiger partial charge in [0.15, 0.2) is 0 Å². The quantitative estimate of drug-likeness (QED) is 0.865.